The molecule has 3 heterocycles. The number of hydrogen-bond donors (Lipinski definition) is 0. The summed E-state index contributed by atoms with van der Waals surface area (Å²) in [4.78, 5) is 2.65. The van der Waals surface area contributed by atoms with Gasteiger partial charge in [-0.1, -0.05) is 72.8 Å². The number of nitriles is 1. The standard InChI is InChI=1S/C28H28N2O/c29-19-21-8-7-9-22(18-21)20-31-28-25-14-16-30(17-15-25)27(28)26(23-10-3-1-4-11-23)24-12-5-2-6-13-24/h1-13,18,25-28H,14-17,20H2/t27?,28-/m1/s1. The van der Waals surface area contributed by atoms with Crippen molar-refractivity contribution in [1.29, 1.82) is 5.26 Å². The molecule has 3 aromatic rings. The van der Waals surface area contributed by atoms with Gasteiger partial charge in [-0.15, -0.1) is 0 Å². The number of rotatable bonds is 6. The molecule has 3 heteroatoms. The van der Waals surface area contributed by atoms with Crippen LogP contribution in [0, 0.1) is 17.2 Å². The Labute approximate surface area is 184 Å². The van der Waals surface area contributed by atoms with Crippen LogP contribution in [0.15, 0.2) is 84.9 Å². The van der Waals surface area contributed by atoms with Crippen molar-refractivity contribution >= 4 is 0 Å². The third-order valence-electron chi connectivity index (χ3n) is 6.95. The maximum atomic E-state index is 9.23. The van der Waals surface area contributed by atoms with Crippen LogP contribution in [0.1, 0.15) is 41.0 Å². The molecule has 156 valence electrons. The van der Waals surface area contributed by atoms with E-state index < -0.39 is 0 Å². The van der Waals surface area contributed by atoms with Crippen molar-refractivity contribution in [1.82, 2.24) is 4.90 Å². The van der Waals surface area contributed by atoms with Crippen LogP contribution in [0.4, 0.5) is 0 Å². The maximum absolute atomic E-state index is 9.23. The predicted octanol–water partition coefficient (Wildman–Crippen LogP) is 5.37. The van der Waals surface area contributed by atoms with Gasteiger partial charge in [-0.05, 0) is 60.7 Å². The normalized spacial score (nSPS) is 24.8. The van der Waals surface area contributed by atoms with E-state index in [1.807, 2.05) is 18.2 Å². The molecule has 0 aromatic heterocycles. The summed E-state index contributed by atoms with van der Waals surface area (Å²) in [6, 6.07) is 32.1. The van der Waals surface area contributed by atoms with Gasteiger partial charge >= 0.3 is 0 Å². The van der Waals surface area contributed by atoms with Crippen molar-refractivity contribution in [2.24, 2.45) is 5.92 Å². The lowest BCUT2D eigenvalue weighted by Gasteiger charge is -2.53. The summed E-state index contributed by atoms with van der Waals surface area (Å²) in [6.07, 6.45) is 2.59. The van der Waals surface area contributed by atoms with E-state index >= 15 is 0 Å². The topological polar surface area (TPSA) is 36.3 Å². The van der Waals surface area contributed by atoms with Crippen molar-refractivity contribution in [3.8, 4) is 6.07 Å². The minimum absolute atomic E-state index is 0.179. The highest BCUT2D eigenvalue weighted by Crippen LogP contribution is 2.43. The molecule has 3 aromatic carbocycles. The average molecular weight is 409 g/mol. The summed E-state index contributed by atoms with van der Waals surface area (Å²) in [5.74, 6) is 0.866. The van der Waals surface area contributed by atoms with Gasteiger partial charge in [-0.2, -0.15) is 5.26 Å². The molecule has 31 heavy (non-hydrogen) atoms. The molecule has 0 spiro atoms. The first kappa shape index (κ1) is 20.0. The van der Waals surface area contributed by atoms with Crippen LogP contribution in [0.3, 0.4) is 0 Å². The number of fused-ring (bicyclic) bond motifs is 3. The summed E-state index contributed by atoms with van der Waals surface area (Å²) in [6.45, 7) is 2.85. The van der Waals surface area contributed by atoms with Crippen LogP contribution in [0.5, 0.6) is 0 Å². The molecular formula is C28H28N2O. The zero-order valence-electron chi connectivity index (χ0n) is 17.7. The molecule has 2 bridgehead atoms. The number of benzene rings is 3. The summed E-state index contributed by atoms with van der Waals surface area (Å²) >= 11 is 0. The Morgan fingerprint density at radius 2 is 1.52 bits per heavy atom. The van der Waals surface area contributed by atoms with E-state index in [2.05, 4.69) is 77.7 Å². The molecule has 1 unspecified atom stereocenters. The summed E-state index contributed by atoms with van der Waals surface area (Å²) in [7, 11) is 0. The van der Waals surface area contributed by atoms with Crippen LogP contribution in [-0.2, 0) is 11.3 Å². The second-order valence-corrected chi connectivity index (χ2v) is 8.75. The number of nitrogens with zero attached hydrogens (tertiary/aromatic N) is 2. The second-order valence-electron chi connectivity index (χ2n) is 8.75. The van der Waals surface area contributed by atoms with Gasteiger partial charge in [0.2, 0.25) is 0 Å². The van der Waals surface area contributed by atoms with Crippen LogP contribution >= 0.6 is 0 Å². The van der Waals surface area contributed by atoms with Gasteiger partial charge in [-0.25, -0.2) is 0 Å². The van der Waals surface area contributed by atoms with Gasteiger partial charge in [0.05, 0.1) is 24.3 Å². The monoisotopic (exact) mass is 408 g/mol. The van der Waals surface area contributed by atoms with Crippen LogP contribution in [0.2, 0.25) is 0 Å². The molecule has 0 radical (unpaired) electrons. The van der Waals surface area contributed by atoms with E-state index in [4.69, 9.17) is 4.74 Å². The van der Waals surface area contributed by atoms with E-state index in [1.165, 1.54) is 24.0 Å². The lowest BCUT2D eigenvalue weighted by atomic mass is 9.72. The predicted molar refractivity (Wildman–Crippen MR) is 123 cm³/mol. The molecule has 3 aliphatic rings. The first-order valence-electron chi connectivity index (χ1n) is 11.3. The van der Waals surface area contributed by atoms with Gasteiger partial charge in [0.25, 0.3) is 0 Å². The summed E-state index contributed by atoms with van der Waals surface area (Å²) < 4.78 is 6.69. The largest absolute Gasteiger partial charge is 0.372 e. The minimum atomic E-state index is 0.179. The maximum Gasteiger partial charge on any atom is 0.0991 e. The third kappa shape index (κ3) is 4.14. The molecule has 3 aliphatic heterocycles. The van der Waals surface area contributed by atoms with E-state index in [9.17, 15) is 5.26 Å². The van der Waals surface area contributed by atoms with Gasteiger partial charge in [0, 0.05) is 12.0 Å². The third-order valence-corrected chi connectivity index (χ3v) is 6.95. The highest BCUT2D eigenvalue weighted by atomic mass is 16.5. The quantitative estimate of drug-likeness (QED) is 0.550. The molecule has 3 saturated heterocycles. The summed E-state index contributed by atoms with van der Waals surface area (Å²) in [5.41, 5.74) is 4.47. The van der Waals surface area contributed by atoms with Gasteiger partial charge < -0.3 is 4.74 Å². The van der Waals surface area contributed by atoms with Crippen LogP contribution in [0.25, 0.3) is 0 Å². The Bertz CT molecular complexity index is 996. The molecule has 0 N–H and O–H groups in total. The Morgan fingerprint density at radius 3 is 2.13 bits per heavy atom. The van der Waals surface area contributed by atoms with Gasteiger partial charge in [0.15, 0.2) is 0 Å². The fourth-order valence-corrected chi connectivity index (χ4v) is 5.50. The number of piperidine rings is 3. The Balaban J connectivity index is 1.48. The van der Waals surface area contributed by atoms with Crippen molar-refractivity contribution in [2.75, 3.05) is 13.1 Å². The fourth-order valence-electron chi connectivity index (χ4n) is 5.50. The van der Waals surface area contributed by atoms with Gasteiger partial charge in [0.1, 0.15) is 0 Å². The number of hydrogen-bond acceptors (Lipinski definition) is 3. The zero-order valence-corrected chi connectivity index (χ0v) is 17.7. The van der Waals surface area contributed by atoms with Crippen LogP contribution < -0.4 is 0 Å². The van der Waals surface area contributed by atoms with Crippen molar-refractivity contribution in [3.05, 3.63) is 107 Å². The van der Waals surface area contributed by atoms with E-state index in [-0.39, 0.29) is 12.0 Å². The molecule has 3 nitrogen and oxygen atoms in total. The Kier molecular flexibility index (Phi) is 5.84. The second kappa shape index (κ2) is 9.06. The Hall–Kier alpha value is -2.93. The Morgan fingerprint density at radius 1 is 0.871 bits per heavy atom. The van der Waals surface area contributed by atoms with E-state index in [1.54, 1.807) is 0 Å². The molecule has 6 rings (SSSR count). The highest BCUT2D eigenvalue weighted by molar-refractivity contribution is 5.36. The SMILES string of the molecule is N#Cc1cccc(CO[C@@H]2C3CCN(CC3)C2C(c2ccccc2)c2ccccc2)c1. The highest BCUT2D eigenvalue weighted by Gasteiger charge is 2.47. The zero-order chi connectivity index (χ0) is 21.0. The van der Waals surface area contributed by atoms with Crippen molar-refractivity contribution in [2.45, 2.75) is 37.5 Å². The first-order valence-corrected chi connectivity index (χ1v) is 11.3. The van der Waals surface area contributed by atoms with E-state index in [0.717, 1.165) is 18.7 Å². The number of ether oxygens (including phenoxy) is 1. The molecule has 0 aliphatic carbocycles. The van der Waals surface area contributed by atoms with Crippen molar-refractivity contribution < 1.29 is 4.74 Å². The minimum Gasteiger partial charge on any atom is -0.372 e. The first-order chi connectivity index (χ1) is 15.3. The van der Waals surface area contributed by atoms with Gasteiger partial charge in [-0.3, -0.25) is 4.90 Å². The molecule has 3 fully saturated rings. The van der Waals surface area contributed by atoms with E-state index in [0.29, 0.717) is 24.1 Å². The molecule has 2 atom stereocenters. The summed E-state index contributed by atoms with van der Waals surface area (Å²) in [5, 5.41) is 9.23. The lowest BCUT2D eigenvalue weighted by molar-refractivity contribution is -0.120. The average Bonchev–Trinajstić information content (AvgIpc) is 2.85. The van der Waals surface area contributed by atoms with Crippen LogP contribution in [-0.4, -0.2) is 30.1 Å². The lowest BCUT2D eigenvalue weighted by Crippen LogP contribution is -2.60. The fraction of sp³-hybridized carbons (Fsp3) is 0.321. The molecular weight excluding hydrogens is 380 g/mol. The van der Waals surface area contributed by atoms with Crippen molar-refractivity contribution in [3.63, 3.8) is 0 Å². The smallest absolute Gasteiger partial charge is 0.0991 e. The molecule has 0 amide bonds. The molecule has 0 saturated carbocycles.